The van der Waals surface area contributed by atoms with Crippen LogP contribution in [0.15, 0.2) is 55.1 Å². The van der Waals surface area contributed by atoms with Gasteiger partial charge in [-0.25, -0.2) is 4.98 Å². The van der Waals surface area contributed by atoms with Crippen molar-refractivity contribution in [1.82, 2.24) is 20.2 Å². The van der Waals surface area contributed by atoms with Crippen molar-refractivity contribution in [3.8, 4) is 22.5 Å². The summed E-state index contributed by atoms with van der Waals surface area (Å²) >= 11 is 0. The van der Waals surface area contributed by atoms with Gasteiger partial charge in [0.25, 0.3) is 0 Å². The molecule has 0 saturated heterocycles. The van der Waals surface area contributed by atoms with Crippen molar-refractivity contribution in [3.63, 3.8) is 0 Å². The molecule has 2 aromatic heterocycles. The molecule has 0 aliphatic carbocycles. The molecule has 4 nitrogen and oxygen atoms in total. The van der Waals surface area contributed by atoms with Gasteiger partial charge in [0, 0.05) is 17.3 Å². The van der Waals surface area contributed by atoms with Gasteiger partial charge in [-0.05, 0) is 41.3 Å². The molecule has 110 valence electrons. The summed E-state index contributed by atoms with van der Waals surface area (Å²) in [7, 11) is 0. The van der Waals surface area contributed by atoms with Crippen molar-refractivity contribution in [3.05, 3.63) is 60.7 Å². The molecule has 3 rings (SSSR count). The van der Waals surface area contributed by atoms with Crippen LogP contribution in [0, 0.1) is 0 Å². The number of hydrogen-bond acceptors (Lipinski definition) is 4. The average Bonchev–Trinajstić information content (AvgIpc) is 2.55. The Balaban J connectivity index is 2.19. The third-order valence-electron chi connectivity index (χ3n) is 3.55. The van der Waals surface area contributed by atoms with Gasteiger partial charge in [0.05, 0.1) is 17.6 Å². The zero-order valence-corrected chi connectivity index (χ0v) is 13.0. The van der Waals surface area contributed by atoms with Crippen LogP contribution >= 0.6 is 0 Å². The van der Waals surface area contributed by atoms with Crippen LogP contribution in [0.4, 0.5) is 0 Å². The van der Waals surface area contributed by atoms with Gasteiger partial charge in [-0.3, -0.25) is 4.98 Å². The van der Waals surface area contributed by atoms with Gasteiger partial charge in [-0.15, -0.1) is 5.10 Å². The number of pyridine rings is 1. The van der Waals surface area contributed by atoms with Crippen molar-refractivity contribution < 1.29 is 0 Å². The number of rotatable bonds is 2. The van der Waals surface area contributed by atoms with Crippen molar-refractivity contribution in [2.45, 2.75) is 26.2 Å². The second-order valence-corrected chi connectivity index (χ2v) is 6.25. The standard InChI is InChI=1S/C18H18N4/c1-18(2,3)15-9-13(16-6-4-5-7-19-16)8-14(10-15)17-11-21-22-12-20-17/h4-12H,1-3H3. The molecule has 0 amide bonds. The third kappa shape index (κ3) is 3.01. The number of nitrogens with zero attached hydrogens (tertiary/aromatic N) is 4. The second kappa shape index (κ2) is 5.64. The topological polar surface area (TPSA) is 51.6 Å². The maximum atomic E-state index is 4.46. The highest BCUT2D eigenvalue weighted by molar-refractivity contribution is 5.70. The van der Waals surface area contributed by atoms with Gasteiger partial charge >= 0.3 is 0 Å². The number of aromatic nitrogens is 4. The van der Waals surface area contributed by atoms with Crippen LogP contribution < -0.4 is 0 Å². The molecule has 0 saturated carbocycles. The van der Waals surface area contributed by atoms with Crippen LogP contribution in [-0.4, -0.2) is 20.2 Å². The molecule has 0 aliphatic rings. The lowest BCUT2D eigenvalue weighted by atomic mass is 9.84. The Morgan fingerprint density at radius 2 is 1.59 bits per heavy atom. The summed E-state index contributed by atoms with van der Waals surface area (Å²) in [5.41, 5.74) is 5.17. The number of benzene rings is 1. The molecule has 4 heteroatoms. The van der Waals surface area contributed by atoms with Gasteiger partial charge in [-0.2, -0.15) is 5.10 Å². The van der Waals surface area contributed by atoms with E-state index in [-0.39, 0.29) is 5.41 Å². The average molecular weight is 290 g/mol. The van der Waals surface area contributed by atoms with E-state index in [1.807, 2.05) is 24.4 Å². The highest BCUT2D eigenvalue weighted by Crippen LogP contribution is 2.31. The largest absolute Gasteiger partial charge is 0.256 e. The quantitative estimate of drug-likeness (QED) is 0.718. The molecule has 2 heterocycles. The summed E-state index contributed by atoms with van der Waals surface area (Å²) in [6.07, 6.45) is 4.97. The van der Waals surface area contributed by atoms with Crippen LogP contribution in [0.2, 0.25) is 0 Å². The Morgan fingerprint density at radius 1 is 0.818 bits per heavy atom. The minimum Gasteiger partial charge on any atom is -0.256 e. The monoisotopic (exact) mass is 290 g/mol. The SMILES string of the molecule is CC(C)(C)c1cc(-c2ccccn2)cc(-c2cnncn2)c1. The van der Waals surface area contributed by atoms with E-state index in [0.29, 0.717) is 0 Å². The lowest BCUT2D eigenvalue weighted by molar-refractivity contribution is 0.590. The Labute approximate surface area is 130 Å². The summed E-state index contributed by atoms with van der Waals surface area (Å²) in [5, 5.41) is 7.68. The minimum absolute atomic E-state index is 0.0417. The van der Waals surface area contributed by atoms with E-state index in [1.54, 1.807) is 6.20 Å². The predicted octanol–water partition coefficient (Wildman–Crippen LogP) is 3.90. The molecular weight excluding hydrogens is 272 g/mol. The fourth-order valence-electron chi connectivity index (χ4n) is 2.28. The highest BCUT2D eigenvalue weighted by atomic mass is 15.1. The minimum atomic E-state index is 0.0417. The molecule has 0 fully saturated rings. The first-order valence-corrected chi connectivity index (χ1v) is 7.24. The van der Waals surface area contributed by atoms with Crippen molar-refractivity contribution in [2.75, 3.05) is 0 Å². The lowest BCUT2D eigenvalue weighted by Crippen LogP contribution is -2.11. The molecule has 0 bridgehead atoms. The fraction of sp³-hybridized carbons (Fsp3) is 0.222. The van der Waals surface area contributed by atoms with E-state index in [0.717, 1.165) is 22.5 Å². The first-order chi connectivity index (χ1) is 10.5. The van der Waals surface area contributed by atoms with E-state index in [4.69, 9.17) is 0 Å². The molecule has 3 aromatic rings. The maximum absolute atomic E-state index is 4.46. The van der Waals surface area contributed by atoms with Crippen molar-refractivity contribution >= 4 is 0 Å². The Kier molecular flexibility index (Phi) is 3.67. The van der Waals surface area contributed by atoms with Gasteiger partial charge in [0.1, 0.15) is 6.33 Å². The smallest absolute Gasteiger partial charge is 0.138 e. The third-order valence-corrected chi connectivity index (χ3v) is 3.55. The molecule has 0 atom stereocenters. The molecule has 0 unspecified atom stereocenters. The van der Waals surface area contributed by atoms with Gasteiger partial charge in [0.15, 0.2) is 0 Å². The molecule has 0 radical (unpaired) electrons. The molecular formula is C18H18N4. The summed E-state index contributed by atoms with van der Waals surface area (Å²) in [6.45, 7) is 6.60. The molecule has 1 aromatic carbocycles. The van der Waals surface area contributed by atoms with Gasteiger partial charge < -0.3 is 0 Å². The summed E-state index contributed by atoms with van der Waals surface area (Å²) in [5.74, 6) is 0. The first-order valence-electron chi connectivity index (χ1n) is 7.24. The van der Waals surface area contributed by atoms with Crippen LogP contribution in [0.3, 0.4) is 0 Å². The normalized spacial score (nSPS) is 11.4. The van der Waals surface area contributed by atoms with Gasteiger partial charge in [0.2, 0.25) is 0 Å². The van der Waals surface area contributed by atoms with E-state index in [9.17, 15) is 0 Å². The molecule has 0 spiro atoms. The van der Waals surface area contributed by atoms with Crippen LogP contribution in [0.5, 0.6) is 0 Å². The highest BCUT2D eigenvalue weighted by Gasteiger charge is 2.17. The Morgan fingerprint density at radius 3 is 2.18 bits per heavy atom. The molecule has 22 heavy (non-hydrogen) atoms. The molecule has 0 N–H and O–H groups in total. The zero-order valence-electron chi connectivity index (χ0n) is 13.0. The Hall–Kier alpha value is -2.62. The zero-order chi connectivity index (χ0) is 15.6. The second-order valence-electron chi connectivity index (χ2n) is 6.25. The fourth-order valence-corrected chi connectivity index (χ4v) is 2.28. The maximum Gasteiger partial charge on any atom is 0.138 e. The van der Waals surface area contributed by atoms with Gasteiger partial charge in [-0.1, -0.05) is 26.8 Å². The van der Waals surface area contributed by atoms with E-state index in [1.165, 1.54) is 11.9 Å². The summed E-state index contributed by atoms with van der Waals surface area (Å²) in [6, 6.07) is 12.4. The molecule has 0 aliphatic heterocycles. The van der Waals surface area contributed by atoms with E-state index < -0.39 is 0 Å². The van der Waals surface area contributed by atoms with Crippen LogP contribution in [0.1, 0.15) is 26.3 Å². The van der Waals surface area contributed by atoms with Crippen molar-refractivity contribution in [2.24, 2.45) is 0 Å². The van der Waals surface area contributed by atoms with E-state index >= 15 is 0 Å². The first kappa shape index (κ1) is 14.3. The van der Waals surface area contributed by atoms with Crippen LogP contribution in [-0.2, 0) is 5.41 Å². The lowest BCUT2D eigenvalue weighted by Gasteiger charge is -2.21. The predicted molar refractivity (Wildman–Crippen MR) is 87.2 cm³/mol. The Bertz CT molecular complexity index is 704. The van der Waals surface area contributed by atoms with Crippen molar-refractivity contribution in [1.29, 1.82) is 0 Å². The van der Waals surface area contributed by atoms with E-state index in [2.05, 4.69) is 59.1 Å². The summed E-state index contributed by atoms with van der Waals surface area (Å²) < 4.78 is 0. The number of hydrogen-bond donors (Lipinski definition) is 0. The summed E-state index contributed by atoms with van der Waals surface area (Å²) in [4.78, 5) is 8.77. The van der Waals surface area contributed by atoms with Crippen LogP contribution in [0.25, 0.3) is 22.5 Å².